The van der Waals surface area contributed by atoms with Crippen LogP contribution < -0.4 is 20.7 Å². The maximum absolute atomic E-state index is 11.6. The second-order valence-electron chi connectivity index (χ2n) is 5.08. The van der Waals surface area contributed by atoms with Gasteiger partial charge in [0.1, 0.15) is 5.75 Å². The van der Waals surface area contributed by atoms with Crippen LogP contribution in [-0.4, -0.2) is 31.2 Å². The summed E-state index contributed by atoms with van der Waals surface area (Å²) in [5.74, 6) is -0.993. The fourth-order valence-corrected chi connectivity index (χ4v) is 2.86. The highest BCUT2D eigenvalue weighted by atomic mass is 35.5. The summed E-state index contributed by atoms with van der Waals surface area (Å²) in [4.78, 5) is 11.1. The Hall–Kier alpha value is -2.95. The number of nitrogens with one attached hydrogen (secondary N) is 2. The van der Waals surface area contributed by atoms with E-state index in [0.717, 1.165) is 12.1 Å². The number of benzene rings is 2. The van der Waals surface area contributed by atoms with Crippen LogP contribution in [0.3, 0.4) is 0 Å². The van der Waals surface area contributed by atoms with Gasteiger partial charge in [0.2, 0.25) is 0 Å². The van der Waals surface area contributed by atoms with E-state index >= 15 is 0 Å². The quantitative estimate of drug-likeness (QED) is 0.381. The average molecular weight is 414 g/mol. The average Bonchev–Trinajstić information content (AvgIpc) is 2.60. The summed E-state index contributed by atoms with van der Waals surface area (Å²) in [6, 6.07) is 7.86. The SMILES string of the molecule is C=CNN(Nc1cc(Cl)ccc1OC)c1ccc(S(=O)(=O)O)cc1C(=O)O. The van der Waals surface area contributed by atoms with E-state index in [1.165, 1.54) is 24.5 Å². The lowest BCUT2D eigenvalue weighted by Crippen LogP contribution is -2.40. The first-order chi connectivity index (χ1) is 12.7. The van der Waals surface area contributed by atoms with Gasteiger partial charge in [-0.2, -0.15) is 13.5 Å². The van der Waals surface area contributed by atoms with Crippen LogP contribution in [0.15, 0.2) is 54.1 Å². The molecule has 0 atom stereocenters. The number of anilines is 2. The van der Waals surface area contributed by atoms with Gasteiger partial charge in [0.15, 0.2) is 0 Å². The number of halogens is 1. The van der Waals surface area contributed by atoms with Gasteiger partial charge >= 0.3 is 5.97 Å². The number of ether oxygens (including phenoxy) is 1. The van der Waals surface area contributed by atoms with Crippen molar-refractivity contribution in [3.05, 3.63) is 59.8 Å². The molecule has 0 aliphatic rings. The van der Waals surface area contributed by atoms with E-state index in [1.807, 2.05) is 0 Å². The van der Waals surface area contributed by atoms with E-state index in [-0.39, 0.29) is 5.69 Å². The molecule has 0 aliphatic heterocycles. The van der Waals surface area contributed by atoms with E-state index in [0.29, 0.717) is 16.5 Å². The van der Waals surface area contributed by atoms with Gasteiger partial charge in [-0.25, -0.2) is 4.79 Å². The highest BCUT2D eigenvalue weighted by Gasteiger charge is 2.21. The first-order valence-corrected chi connectivity index (χ1v) is 9.11. The zero-order valence-corrected chi connectivity index (χ0v) is 15.6. The van der Waals surface area contributed by atoms with Crippen LogP contribution in [0.5, 0.6) is 5.75 Å². The third-order valence-electron chi connectivity index (χ3n) is 3.35. The smallest absolute Gasteiger partial charge is 0.338 e. The third kappa shape index (κ3) is 4.82. The van der Waals surface area contributed by atoms with Crippen molar-refractivity contribution in [2.45, 2.75) is 4.90 Å². The molecule has 0 radical (unpaired) electrons. The Labute approximate surface area is 160 Å². The molecule has 4 N–H and O–H groups in total. The number of methoxy groups -OCH3 is 1. The molecule has 0 amide bonds. The van der Waals surface area contributed by atoms with Crippen LogP contribution in [0.25, 0.3) is 0 Å². The standard InChI is InChI=1S/C16H16ClN3O6S/c1-3-18-20(19-13-8-10(17)4-7-15(13)26-2)14-6-5-11(27(23,24)25)9-12(14)16(21)22/h3-9,18-19H,1H2,2H3,(H,21,22)(H,23,24,25). The molecule has 0 spiro atoms. The van der Waals surface area contributed by atoms with Crippen LogP contribution >= 0.6 is 11.6 Å². The molecular weight excluding hydrogens is 398 g/mol. The lowest BCUT2D eigenvalue weighted by atomic mass is 10.2. The highest BCUT2D eigenvalue weighted by Crippen LogP contribution is 2.30. The van der Waals surface area contributed by atoms with Gasteiger partial charge < -0.3 is 9.84 Å². The van der Waals surface area contributed by atoms with E-state index < -0.39 is 26.5 Å². The van der Waals surface area contributed by atoms with Crippen LogP contribution in [0.2, 0.25) is 5.02 Å². The van der Waals surface area contributed by atoms with Crippen molar-refractivity contribution >= 4 is 39.1 Å². The second kappa shape index (κ2) is 8.16. The number of hydrogen-bond donors (Lipinski definition) is 4. The Bertz CT molecular complexity index is 980. The predicted molar refractivity (Wildman–Crippen MR) is 101 cm³/mol. The van der Waals surface area contributed by atoms with Gasteiger partial charge in [-0.3, -0.25) is 15.4 Å². The molecule has 2 aromatic rings. The molecule has 0 aliphatic carbocycles. The normalized spacial score (nSPS) is 10.8. The molecule has 144 valence electrons. The summed E-state index contributed by atoms with van der Waals surface area (Å²) in [5.41, 5.74) is 5.60. The number of nitrogens with zero attached hydrogens (tertiary/aromatic N) is 1. The fourth-order valence-electron chi connectivity index (χ4n) is 2.18. The molecule has 9 nitrogen and oxygen atoms in total. The molecule has 0 unspecified atom stereocenters. The van der Waals surface area contributed by atoms with Crippen molar-refractivity contribution in [3.8, 4) is 5.75 Å². The van der Waals surface area contributed by atoms with Gasteiger partial charge in [-0.15, -0.1) is 0 Å². The first-order valence-electron chi connectivity index (χ1n) is 7.29. The Morgan fingerprint density at radius 3 is 2.56 bits per heavy atom. The number of hydrogen-bond acceptors (Lipinski definition) is 7. The number of carbonyl (C=O) groups is 1. The van der Waals surface area contributed by atoms with E-state index in [1.54, 1.807) is 18.2 Å². The summed E-state index contributed by atoms with van der Waals surface area (Å²) in [7, 11) is -3.12. The molecule has 0 aromatic heterocycles. The minimum Gasteiger partial charge on any atom is -0.495 e. The maximum Gasteiger partial charge on any atom is 0.338 e. The van der Waals surface area contributed by atoms with Crippen molar-refractivity contribution in [1.82, 2.24) is 5.43 Å². The second-order valence-corrected chi connectivity index (χ2v) is 6.94. The molecule has 27 heavy (non-hydrogen) atoms. The van der Waals surface area contributed by atoms with E-state index in [4.69, 9.17) is 20.9 Å². The molecule has 0 bridgehead atoms. The molecule has 11 heteroatoms. The zero-order valence-electron chi connectivity index (χ0n) is 14.0. The topological polar surface area (TPSA) is 128 Å². The lowest BCUT2D eigenvalue weighted by molar-refractivity contribution is 0.0697. The van der Waals surface area contributed by atoms with E-state index in [9.17, 15) is 18.3 Å². The number of carboxylic acid groups (broad SMARTS) is 1. The minimum absolute atomic E-state index is 0.0387. The Morgan fingerprint density at radius 2 is 2.00 bits per heavy atom. The fraction of sp³-hybridized carbons (Fsp3) is 0.0625. The minimum atomic E-state index is -4.57. The van der Waals surface area contributed by atoms with Crippen molar-refractivity contribution in [2.24, 2.45) is 0 Å². The Balaban J connectivity index is 2.55. The molecule has 0 saturated heterocycles. The van der Waals surface area contributed by atoms with Crippen LogP contribution in [0.1, 0.15) is 10.4 Å². The van der Waals surface area contributed by atoms with Crippen molar-refractivity contribution in [3.63, 3.8) is 0 Å². The largest absolute Gasteiger partial charge is 0.495 e. The molecule has 0 heterocycles. The maximum atomic E-state index is 11.6. The number of carboxylic acids is 1. The molecule has 2 aromatic carbocycles. The zero-order chi connectivity index (χ0) is 20.2. The van der Waals surface area contributed by atoms with Gasteiger partial charge in [0, 0.05) is 11.2 Å². The summed E-state index contributed by atoms with van der Waals surface area (Å²) in [6.45, 7) is 3.53. The van der Waals surface area contributed by atoms with E-state index in [2.05, 4.69) is 17.4 Å². The third-order valence-corrected chi connectivity index (χ3v) is 4.44. The number of hydrazine groups is 2. The van der Waals surface area contributed by atoms with Crippen LogP contribution in [0.4, 0.5) is 11.4 Å². The van der Waals surface area contributed by atoms with Crippen molar-refractivity contribution in [1.29, 1.82) is 0 Å². The van der Waals surface area contributed by atoms with Gasteiger partial charge in [-0.05, 0) is 36.4 Å². The molecule has 0 saturated carbocycles. The van der Waals surface area contributed by atoms with Gasteiger partial charge in [0.25, 0.3) is 10.1 Å². The van der Waals surface area contributed by atoms with Crippen molar-refractivity contribution < 1.29 is 27.6 Å². The summed E-state index contributed by atoms with van der Waals surface area (Å²) in [5, 5.41) is 11.0. The first kappa shape index (κ1) is 20.4. The summed E-state index contributed by atoms with van der Waals surface area (Å²) >= 11 is 5.99. The highest BCUT2D eigenvalue weighted by molar-refractivity contribution is 7.85. The lowest BCUT2D eigenvalue weighted by Gasteiger charge is -2.28. The Kier molecular flexibility index (Phi) is 6.16. The molecule has 2 rings (SSSR count). The Morgan fingerprint density at radius 1 is 1.30 bits per heavy atom. The van der Waals surface area contributed by atoms with Crippen molar-refractivity contribution in [2.75, 3.05) is 17.7 Å². The van der Waals surface area contributed by atoms with Gasteiger partial charge in [0.05, 0.1) is 28.9 Å². The molecule has 0 fully saturated rings. The summed E-state index contributed by atoms with van der Waals surface area (Å²) in [6.07, 6.45) is 1.27. The van der Waals surface area contributed by atoms with Crippen LogP contribution in [-0.2, 0) is 10.1 Å². The monoisotopic (exact) mass is 413 g/mol. The number of rotatable bonds is 8. The van der Waals surface area contributed by atoms with Gasteiger partial charge in [-0.1, -0.05) is 18.2 Å². The van der Waals surface area contributed by atoms with Crippen LogP contribution in [0, 0.1) is 0 Å². The molecular formula is C16H16ClN3O6S. The number of aromatic carboxylic acids is 1. The predicted octanol–water partition coefficient (Wildman–Crippen LogP) is 2.78. The summed E-state index contributed by atoms with van der Waals surface area (Å²) < 4.78 is 37.0.